The normalized spacial score (nSPS) is 15.0. The van der Waals surface area contributed by atoms with Gasteiger partial charge in [-0.2, -0.15) is 0 Å². The van der Waals surface area contributed by atoms with Crippen LogP contribution in [-0.4, -0.2) is 24.3 Å². The van der Waals surface area contributed by atoms with Crippen molar-refractivity contribution in [3.8, 4) is 11.5 Å². The first-order valence-electron chi connectivity index (χ1n) is 12.3. The van der Waals surface area contributed by atoms with Crippen LogP contribution >= 0.6 is 50.2 Å². The number of aromatic nitrogens is 1. The molecule has 0 amide bonds. The van der Waals surface area contributed by atoms with Crippen molar-refractivity contribution >= 4 is 62.2 Å². The molecule has 2 aromatic heterocycles. The summed E-state index contributed by atoms with van der Waals surface area (Å²) >= 11 is 12.4. The molecule has 5 rings (SSSR count). The summed E-state index contributed by atoms with van der Waals surface area (Å²) in [5.74, 6) is 0.569. The van der Waals surface area contributed by atoms with Crippen molar-refractivity contribution in [2.75, 3.05) is 13.7 Å². The number of nitrogens with zero attached hydrogens (tertiary/aromatic N) is 2. The number of hydrogen-bond donors (Lipinski definition) is 0. The molecule has 0 fully saturated rings. The van der Waals surface area contributed by atoms with Gasteiger partial charge in [0.15, 0.2) is 16.3 Å². The first kappa shape index (κ1) is 28.4. The van der Waals surface area contributed by atoms with E-state index < -0.39 is 12.0 Å². The number of rotatable bonds is 8. The highest BCUT2D eigenvalue weighted by molar-refractivity contribution is 9.10. The molecule has 0 saturated heterocycles. The minimum Gasteiger partial charge on any atom is -0.493 e. The number of carbonyl (C=O) groups is 1. The molecule has 3 heterocycles. The summed E-state index contributed by atoms with van der Waals surface area (Å²) in [6, 6.07) is 14.3. The van der Waals surface area contributed by atoms with Gasteiger partial charge >= 0.3 is 5.97 Å². The first-order valence-corrected chi connectivity index (χ1v) is 15.1. The van der Waals surface area contributed by atoms with Crippen LogP contribution in [0.3, 0.4) is 0 Å². The number of methoxy groups -OCH3 is 1. The molecule has 206 valence electrons. The van der Waals surface area contributed by atoms with Gasteiger partial charge in [-0.05, 0) is 82.7 Å². The van der Waals surface area contributed by atoms with Crippen molar-refractivity contribution in [2.45, 2.75) is 26.5 Å². The molecule has 0 N–H and O–H groups in total. The summed E-state index contributed by atoms with van der Waals surface area (Å²) in [5, 5.41) is 2.55. The molecule has 0 spiro atoms. The van der Waals surface area contributed by atoms with Crippen molar-refractivity contribution in [1.29, 1.82) is 0 Å². The van der Waals surface area contributed by atoms with Crippen LogP contribution in [0.4, 0.5) is 0 Å². The van der Waals surface area contributed by atoms with Crippen LogP contribution in [0.25, 0.3) is 6.08 Å². The number of esters is 1. The van der Waals surface area contributed by atoms with Gasteiger partial charge in [-0.25, -0.2) is 9.79 Å². The number of halogens is 2. The predicted octanol–water partition coefficient (Wildman–Crippen LogP) is 5.86. The van der Waals surface area contributed by atoms with Crippen molar-refractivity contribution in [2.24, 2.45) is 4.99 Å². The predicted molar refractivity (Wildman–Crippen MR) is 161 cm³/mol. The average molecular weight is 660 g/mol. The first-order chi connectivity index (χ1) is 19.3. The molecule has 1 aliphatic heterocycles. The smallest absolute Gasteiger partial charge is 0.338 e. The fourth-order valence-electron chi connectivity index (χ4n) is 4.40. The maximum atomic E-state index is 13.8. The van der Waals surface area contributed by atoms with Gasteiger partial charge in [0.2, 0.25) is 0 Å². The topological polar surface area (TPSA) is 79.1 Å². The molecule has 0 radical (unpaired) electrons. The van der Waals surface area contributed by atoms with E-state index in [2.05, 4.69) is 20.9 Å². The number of allylic oxidation sites excluding steroid dienone is 1. The third-order valence-corrected chi connectivity index (χ3v) is 8.88. The Bertz CT molecular complexity index is 1790. The summed E-state index contributed by atoms with van der Waals surface area (Å²) in [6.07, 6.45) is 1.78. The summed E-state index contributed by atoms with van der Waals surface area (Å²) in [6.45, 7) is 4.06. The number of fused-ring (bicyclic) bond motifs is 1. The SMILES string of the molecule is CCOC(=O)C1=C(C)N=c2s/c(=C\c3cc(Br)c(OCc4cccc(Cl)c4)c(OC)c3)c(=O)n2[C@@H]1c1cccs1. The monoisotopic (exact) mass is 658 g/mol. The molecule has 11 heteroatoms. The maximum Gasteiger partial charge on any atom is 0.338 e. The molecule has 1 atom stereocenters. The number of hydrogen-bond acceptors (Lipinski definition) is 8. The van der Waals surface area contributed by atoms with Crippen LogP contribution < -0.4 is 24.4 Å². The Morgan fingerprint density at radius 2 is 2.05 bits per heavy atom. The Morgan fingerprint density at radius 1 is 1.23 bits per heavy atom. The number of ether oxygens (including phenoxy) is 3. The van der Waals surface area contributed by atoms with E-state index in [1.54, 1.807) is 31.6 Å². The molecular weight excluding hydrogens is 636 g/mol. The second-order valence-corrected chi connectivity index (χ2v) is 12.0. The van der Waals surface area contributed by atoms with Crippen LogP contribution in [0.5, 0.6) is 11.5 Å². The Kier molecular flexibility index (Phi) is 8.60. The maximum absolute atomic E-state index is 13.8. The van der Waals surface area contributed by atoms with E-state index in [4.69, 9.17) is 25.8 Å². The van der Waals surface area contributed by atoms with Crippen LogP contribution in [0.15, 0.2) is 79.4 Å². The van der Waals surface area contributed by atoms with Crippen LogP contribution in [-0.2, 0) is 16.1 Å². The number of benzene rings is 2. The van der Waals surface area contributed by atoms with Crippen molar-refractivity contribution in [3.05, 3.63) is 110 Å². The standard InChI is InChI=1S/C29H24BrClN2O5S2/c1-4-37-28(35)24-16(2)32-29-33(25(24)22-9-6-10-39-22)27(34)23(40-29)14-18-12-20(30)26(21(13-18)36-3)38-15-17-7-5-8-19(31)11-17/h5-14,25H,4,15H2,1-3H3/b23-14-/t25-/m1/s1. The molecule has 0 bridgehead atoms. The van der Waals surface area contributed by atoms with Crippen molar-refractivity contribution in [1.82, 2.24) is 4.57 Å². The van der Waals surface area contributed by atoms with Gasteiger partial charge in [-0.3, -0.25) is 9.36 Å². The summed E-state index contributed by atoms with van der Waals surface area (Å²) in [4.78, 5) is 32.7. The zero-order valence-corrected chi connectivity index (χ0v) is 25.7. The minimum absolute atomic E-state index is 0.229. The lowest BCUT2D eigenvalue weighted by Gasteiger charge is -2.23. The zero-order valence-electron chi connectivity index (χ0n) is 21.8. The second kappa shape index (κ2) is 12.1. The Morgan fingerprint density at radius 3 is 2.75 bits per heavy atom. The number of carbonyl (C=O) groups excluding carboxylic acids is 1. The van der Waals surface area contributed by atoms with Crippen LogP contribution in [0, 0.1) is 0 Å². The summed E-state index contributed by atoms with van der Waals surface area (Å²) in [5.41, 5.74) is 2.32. The minimum atomic E-state index is -0.610. The lowest BCUT2D eigenvalue weighted by Crippen LogP contribution is -2.39. The van der Waals surface area contributed by atoms with E-state index in [9.17, 15) is 9.59 Å². The quantitative estimate of drug-likeness (QED) is 0.222. The fraction of sp³-hybridized carbons (Fsp3) is 0.207. The molecule has 0 aliphatic carbocycles. The highest BCUT2D eigenvalue weighted by Gasteiger charge is 2.33. The average Bonchev–Trinajstić information content (AvgIpc) is 3.55. The van der Waals surface area contributed by atoms with Crippen molar-refractivity contribution in [3.63, 3.8) is 0 Å². The number of thiazole rings is 1. The van der Waals surface area contributed by atoms with E-state index in [1.807, 2.05) is 53.9 Å². The molecule has 1 aliphatic rings. The Balaban J connectivity index is 1.55. The van der Waals surface area contributed by atoms with E-state index in [0.29, 0.717) is 48.2 Å². The van der Waals surface area contributed by atoms with E-state index >= 15 is 0 Å². The van der Waals surface area contributed by atoms with Gasteiger partial charge in [-0.15, -0.1) is 11.3 Å². The highest BCUT2D eigenvalue weighted by atomic mass is 79.9. The van der Waals surface area contributed by atoms with E-state index in [-0.39, 0.29) is 12.2 Å². The Labute approximate surface area is 251 Å². The zero-order chi connectivity index (χ0) is 28.4. The fourth-order valence-corrected chi connectivity index (χ4v) is 7.06. The van der Waals surface area contributed by atoms with Gasteiger partial charge in [0.25, 0.3) is 5.56 Å². The third-order valence-electron chi connectivity index (χ3n) is 6.15. The lowest BCUT2D eigenvalue weighted by atomic mass is 10.0. The molecule has 0 saturated carbocycles. The van der Waals surface area contributed by atoms with Crippen molar-refractivity contribution < 1.29 is 19.0 Å². The molecular formula is C29H24BrClN2O5S2. The molecule has 7 nitrogen and oxygen atoms in total. The van der Waals surface area contributed by atoms with Crippen LogP contribution in [0.1, 0.15) is 35.9 Å². The molecule has 4 aromatic rings. The molecule has 2 aromatic carbocycles. The third kappa shape index (κ3) is 5.67. The second-order valence-electron chi connectivity index (χ2n) is 8.77. The number of thiophene rings is 1. The van der Waals surface area contributed by atoms with Gasteiger partial charge < -0.3 is 14.2 Å². The van der Waals surface area contributed by atoms with Gasteiger partial charge in [0.05, 0.1) is 34.0 Å². The van der Waals surface area contributed by atoms with E-state index in [1.165, 1.54) is 22.7 Å². The molecule has 0 unspecified atom stereocenters. The molecule has 40 heavy (non-hydrogen) atoms. The largest absolute Gasteiger partial charge is 0.493 e. The summed E-state index contributed by atoms with van der Waals surface area (Å²) < 4.78 is 19.7. The highest BCUT2D eigenvalue weighted by Crippen LogP contribution is 2.38. The lowest BCUT2D eigenvalue weighted by molar-refractivity contribution is -0.139. The van der Waals surface area contributed by atoms with Gasteiger partial charge in [0, 0.05) is 9.90 Å². The van der Waals surface area contributed by atoms with E-state index in [0.717, 1.165) is 16.0 Å². The van der Waals surface area contributed by atoms with Gasteiger partial charge in [-0.1, -0.05) is 41.1 Å². The Hall–Kier alpha value is -3.18. The van der Waals surface area contributed by atoms with Gasteiger partial charge in [0.1, 0.15) is 12.6 Å². The summed E-state index contributed by atoms with van der Waals surface area (Å²) in [7, 11) is 1.56. The van der Waals surface area contributed by atoms with Crippen LogP contribution in [0.2, 0.25) is 5.02 Å².